The summed E-state index contributed by atoms with van der Waals surface area (Å²) in [6.07, 6.45) is 3.67. The van der Waals surface area contributed by atoms with Crippen molar-refractivity contribution in [1.29, 1.82) is 0 Å². The number of carboxylic acids is 1. The van der Waals surface area contributed by atoms with Gasteiger partial charge in [-0.2, -0.15) is 8.78 Å². The van der Waals surface area contributed by atoms with Crippen molar-refractivity contribution in [1.82, 2.24) is 14.5 Å². The van der Waals surface area contributed by atoms with Crippen LogP contribution in [0.15, 0.2) is 12.4 Å². The first-order valence-corrected chi connectivity index (χ1v) is 6.24. The van der Waals surface area contributed by atoms with Crippen LogP contribution in [0.25, 0.3) is 0 Å². The van der Waals surface area contributed by atoms with E-state index in [-0.39, 0.29) is 12.4 Å². The Bertz CT molecular complexity index is 464. The number of hydrogen-bond donors (Lipinski definition) is 1. The molecule has 1 aliphatic heterocycles. The second-order valence-corrected chi connectivity index (χ2v) is 4.93. The monoisotopic (exact) mass is 273 g/mol. The Balaban J connectivity index is 2.06. The van der Waals surface area contributed by atoms with Crippen LogP contribution in [0.2, 0.25) is 0 Å². The van der Waals surface area contributed by atoms with E-state index in [0.29, 0.717) is 25.9 Å². The van der Waals surface area contributed by atoms with Crippen LogP contribution in [0.4, 0.5) is 8.78 Å². The maximum Gasteiger partial charge on any atom is 0.319 e. The molecule has 1 aromatic heterocycles. The Morgan fingerprint density at radius 1 is 1.63 bits per heavy atom. The largest absolute Gasteiger partial charge is 0.481 e. The number of carbonyl (C=O) groups is 1. The zero-order valence-electron chi connectivity index (χ0n) is 10.7. The van der Waals surface area contributed by atoms with E-state index in [9.17, 15) is 18.7 Å². The second-order valence-electron chi connectivity index (χ2n) is 4.93. The van der Waals surface area contributed by atoms with Crippen LogP contribution in [0, 0.1) is 5.41 Å². The van der Waals surface area contributed by atoms with Crippen molar-refractivity contribution in [3.63, 3.8) is 0 Å². The molecule has 7 heteroatoms. The zero-order chi connectivity index (χ0) is 14.0. The quantitative estimate of drug-likeness (QED) is 0.891. The van der Waals surface area contributed by atoms with E-state index in [1.807, 2.05) is 11.8 Å². The van der Waals surface area contributed by atoms with Crippen LogP contribution in [0.1, 0.15) is 32.1 Å². The van der Waals surface area contributed by atoms with Gasteiger partial charge in [0.1, 0.15) is 5.82 Å². The van der Waals surface area contributed by atoms with E-state index in [1.165, 1.54) is 12.4 Å². The van der Waals surface area contributed by atoms with Crippen molar-refractivity contribution in [2.24, 2.45) is 5.41 Å². The number of alkyl halides is 2. The number of halogens is 2. The maximum absolute atomic E-state index is 12.7. The molecule has 0 spiro atoms. The summed E-state index contributed by atoms with van der Waals surface area (Å²) in [6.45, 7) is 0.463. The molecule has 1 aromatic rings. The summed E-state index contributed by atoms with van der Waals surface area (Å²) in [7, 11) is 0. The van der Waals surface area contributed by atoms with Gasteiger partial charge in [-0.1, -0.05) is 6.92 Å². The van der Waals surface area contributed by atoms with Crippen molar-refractivity contribution in [3.05, 3.63) is 18.2 Å². The molecular formula is C12H17F2N3O2. The molecule has 0 amide bonds. The number of imidazole rings is 1. The van der Waals surface area contributed by atoms with Crippen LogP contribution in [-0.4, -0.2) is 38.6 Å². The van der Waals surface area contributed by atoms with Crippen LogP contribution in [0.3, 0.4) is 0 Å². The van der Waals surface area contributed by atoms with Gasteiger partial charge in [-0.3, -0.25) is 14.3 Å². The van der Waals surface area contributed by atoms with Crippen molar-refractivity contribution in [2.75, 3.05) is 13.1 Å². The Morgan fingerprint density at radius 2 is 2.37 bits per heavy atom. The summed E-state index contributed by atoms with van der Waals surface area (Å²) in [4.78, 5) is 17.1. The van der Waals surface area contributed by atoms with Gasteiger partial charge in [0, 0.05) is 18.9 Å². The molecule has 0 saturated carbocycles. The Hall–Kier alpha value is -1.50. The summed E-state index contributed by atoms with van der Waals surface area (Å²) in [5.41, 5.74) is -0.748. The molecular weight excluding hydrogens is 256 g/mol. The van der Waals surface area contributed by atoms with Crippen LogP contribution in [0.5, 0.6) is 0 Å². The summed E-state index contributed by atoms with van der Waals surface area (Å²) in [6, 6.07) is 0. The number of hydrogen-bond acceptors (Lipinski definition) is 3. The van der Waals surface area contributed by atoms with Gasteiger partial charge in [0.15, 0.2) is 0 Å². The van der Waals surface area contributed by atoms with Gasteiger partial charge in [-0.15, -0.1) is 0 Å². The lowest BCUT2D eigenvalue weighted by atomic mass is 9.84. The van der Waals surface area contributed by atoms with Crippen LogP contribution in [-0.2, 0) is 11.3 Å². The molecule has 0 aromatic carbocycles. The fourth-order valence-corrected chi connectivity index (χ4v) is 2.55. The topological polar surface area (TPSA) is 58.4 Å². The molecule has 1 unspecified atom stereocenters. The predicted octanol–water partition coefficient (Wildman–Crippen LogP) is 1.96. The lowest BCUT2D eigenvalue weighted by Gasteiger charge is -2.23. The van der Waals surface area contributed by atoms with Gasteiger partial charge in [0.05, 0.1) is 12.0 Å². The third-order valence-corrected chi connectivity index (χ3v) is 3.89. The van der Waals surface area contributed by atoms with Gasteiger partial charge < -0.3 is 5.11 Å². The summed E-state index contributed by atoms with van der Waals surface area (Å²) < 4.78 is 26.2. The van der Waals surface area contributed by atoms with Crippen molar-refractivity contribution in [3.8, 4) is 0 Å². The molecule has 106 valence electrons. The van der Waals surface area contributed by atoms with E-state index in [4.69, 9.17) is 0 Å². The molecule has 1 N–H and O–H groups in total. The molecule has 1 fully saturated rings. The third-order valence-electron chi connectivity index (χ3n) is 3.89. The lowest BCUT2D eigenvalue weighted by Crippen LogP contribution is -2.34. The van der Waals surface area contributed by atoms with Crippen LogP contribution < -0.4 is 0 Å². The van der Waals surface area contributed by atoms with Gasteiger partial charge in [0.2, 0.25) is 0 Å². The van der Waals surface area contributed by atoms with E-state index < -0.39 is 17.9 Å². The molecule has 1 atom stereocenters. The Morgan fingerprint density at radius 3 is 2.89 bits per heavy atom. The molecule has 1 saturated heterocycles. The Labute approximate surface area is 109 Å². The number of aliphatic carboxylic acids is 1. The first-order valence-electron chi connectivity index (χ1n) is 6.24. The van der Waals surface area contributed by atoms with Gasteiger partial charge in [-0.05, 0) is 19.4 Å². The molecule has 0 bridgehead atoms. The minimum atomic E-state index is -2.62. The molecule has 1 aliphatic rings. The number of carboxylic acid groups (broad SMARTS) is 1. The fraction of sp³-hybridized carbons (Fsp3) is 0.667. The third kappa shape index (κ3) is 2.60. The highest BCUT2D eigenvalue weighted by atomic mass is 19.3. The van der Waals surface area contributed by atoms with E-state index >= 15 is 0 Å². The van der Waals surface area contributed by atoms with Crippen molar-refractivity contribution < 1.29 is 18.7 Å². The molecule has 0 radical (unpaired) electrons. The van der Waals surface area contributed by atoms with Gasteiger partial charge in [0.25, 0.3) is 0 Å². The highest BCUT2D eigenvalue weighted by molar-refractivity contribution is 5.75. The fourth-order valence-electron chi connectivity index (χ4n) is 2.55. The molecule has 0 aliphatic carbocycles. The van der Waals surface area contributed by atoms with Crippen LogP contribution >= 0.6 is 0 Å². The smallest absolute Gasteiger partial charge is 0.319 e. The van der Waals surface area contributed by atoms with Crippen molar-refractivity contribution >= 4 is 5.97 Å². The average molecular weight is 273 g/mol. The molecule has 5 nitrogen and oxygen atoms in total. The summed E-state index contributed by atoms with van der Waals surface area (Å²) in [5, 5.41) is 9.28. The highest BCUT2D eigenvalue weighted by Gasteiger charge is 2.43. The zero-order valence-corrected chi connectivity index (χ0v) is 10.7. The standard InChI is InChI=1S/C12H17F2N3O2/c1-2-12(10(18)19)3-5-16(8-12)7-9-15-4-6-17(9)11(13)14/h4,6,11H,2-3,5,7-8H2,1H3,(H,18,19). The Kier molecular flexibility index (Phi) is 3.84. The number of likely N-dealkylation sites (tertiary alicyclic amines) is 1. The number of nitrogens with zero attached hydrogens (tertiary/aromatic N) is 3. The molecule has 2 heterocycles. The second kappa shape index (κ2) is 5.24. The minimum absolute atomic E-state index is 0.256. The number of aromatic nitrogens is 2. The lowest BCUT2D eigenvalue weighted by molar-refractivity contribution is -0.148. The number of rotatable bonds is 5. The first kappa shape index (κ1) is 13.9. The highest BCUT2D eigenvalue weighted by Crippen LogP contribution is 2.34. The van der Waals surface area contributed by atoms with Crippen molar-refractivity contribution in [2.45, 2.75) is 32.9 Å². The average Bonchev–Trinajstić information content (AvgIpc) is 2.97. The first-order chi connectivity index (χ1) is 8.98. The predicted molar refractivity (Wildman–Crippen MR) is 63.7 cm³/mol. The van der Waals surface area contributed by atoms with Gasteiger partial charge >= 0.3 is 12.5 Å². The summed E-state index contributed by atoms with van der Waals surface area (Å²) >= 11 is 0. The SMILES string of the molecule is CCC1(C(=O)O)CCN(Cc2nccn2C(F)F)C1. The molecule has 2 rings (SSSR count). The molecule has 19 heavy (non-hydrogen) atoms. The van der Waals surface area contributed by atoms with E-state index in [0.717, 1.165) is 4.57 Å². The normalized spacial score (nSPS) is 24.2. The minimum Gasteiger partial charge on any atom is -0.481 e. The van der Waals surface area contributed by atoms with E-state index in [1.54, 1.807) is 0 Å². The van der Waals surface area contributed by atoms with Gasteiger partial charge in [-0.25, -0.2) is 4.98 Å². The summed E-state index contributed by atoms with van der Waals surface area (Å²) in [5.74, 6) is -0.540. The van der Waals surface area contributed by atoms with E-state index in [2.05, 4.69) is 4.98 Å². The maximum atomic E-state index is 12.7.